The molecule has 0 aliphatic carbocycles. The topological polar surface area (TPSA) is 38.8 Å². The van der Waals surface area contributed by atoms with Crippen LogP contribution in [0.3, 0.4) is 0 Å². The zero-order valence-electron chi connectivity index (χ0n) is 10.7. The van der Waals surface area contributed by atoms with Crippen molar-refractivity contribution in [1.82, 2.24) is 4.90 Å². The quantitative estimate of drug-likeness (QED) is 0.795. The van der Waals surface area contributed by atoms with E-state index in [9.17, 15) is 4.79 Å². The van der Waals surface area contributed by atoms with Crippen LogP contribution in [-0.2, 0) is 17.6 Å². The lowest BCUT2D eigenvalue weighted by Crippen LogP contribution is -2.33. The van der Waals surface area contributed by atoms with Crippen LogP contribution in [0.1, 0.15) is 17.5 Å². The number of hydrogen-bond donors (Lipinski definition) is 0. The summed E-state index contributed by atoms with van der Waals surface area (Å²) in [5.41, 5.74) is 2.24. The van der Waals surface area contributed by atoms with Crippen molar-refractivity contribution < 1.29 is 14.3 Å². The first kappa shape index (κ1) is 12.6. The summed E-state index contributed by atoms with van der Waals surface area (Å²) in [4.78, 5) is 14.1. The molecular formula is C14H16ClNO3. The predicted octanol–water partition coefficient (Wildman–Crippen LogP) is 1.97. The maximum absolute atomic E-state index is 12.2. The number of amides is 1. The van der Waals surface area contributed by atoms with E-state index < -0.39 is 0 Å². The molecule has 2 aliphatic heterocycles. The van der Waals surface area contributed by atoms with Crippen LogP contribution < -0.4 is 9.47 Å². The number of benzene rings is 1. The van der Waals surface area contributed by atoms with Gasteiger partial charge in [-0.2, -0.15) is 0 Å². The Balaban J connectivity index is 1.82. The summed E-state index contributed by atoms with van der Waals surface area (Å²) in [6, 6.07) is 3.95. The second kappa shape index (κ2) is 5.29. The number of ether oxygens (including phenoxy) is 2. The molecule has 0 saturated heterocycles. The molecule has 0 aromatic heterocycles. The molecule has 1 aromatic carbocycles. The molecule has 2 aliphatic rings. The van der Waals surface area contributed by atoms with Gasteiger partial charge in [0.05, 0.1) is 6.42 Å². The number of carbonyl (C=O) groups excluding carboxylic acids is 1. The molecule has 1 amide bonds. The maximum Gasteiger partial charge on any atom is 0.231 e. The highest BCUT2D eigenvalue weighted by molar-refractivity contribution is 6.17. The molecule has 0 N–H and O–H groups in total. The van der Waals surface area contributed by atoms with E-state index in [-0.39, 0.29) is 12.7 Å². The molecule has 0 fully saturated rings. The Morgan fingerprint density at radius 2 is 1.95 bits per heavy atom. The van der Waals surface area contributed by atoms with Crippen LogP contribution in [0.15, 0.2) is 12.1 Å². The molecule has 19 heavy (non-hydrogen) atoms. The molecule has 1 aromatic rings. The van der Waals surface area contributed by atoms with Gasteiger partial charge in [0.25, 0.3) is 0 Å². The first-order valence-electron chi connectivity index (χ1n) is 6.53. The highest BCUT2D eigenvalue weighted by Crippen LogP contribution is 2.36. The maximum atomic E-state index is 12.2. The molecule has 4 nitrogen and oxygen atoms in total. The van der Waals surface area contributed by atoms with Crippen molar-refractivity contribution in [3.05, 3.63) is 23.3 Å². The van der Waals surface area contributed by atoms with Crippen molar-refractivity contribution >= 4 is 17.5 Å². The molecule has 0 saturated carbocycles. The first-order chi connectivity index (χ1) is 9.28. The highest BCUT2D eigenvalue weighted by Gasteiger charge is 2.24. The third-order valence-electron chi connectivity index (χ3n) is 3.60. The van der Waals surface area contributed by atoms with Gasteiger partial charge in [-0.05, 0) is 36.1 Å². The molecule has 0 unspecified atom stereocenters. The van der Waals surface area contributed by atoms with E-state index in [0.29, 0.717) is 12.3 Å². The highest BCUT2D eigenvalue weighted by atomic mass is 35.5. The van der Waals surface area contributed by atoms with E-state index >= 15 is 0 Å². The predicted molar refractivity (Wildman–Crippen MR) is 71.9 cm³/mol. The van der Waals surface area contributed by atoms with E-state index in [1.807, 2.05) is 17.0 Å². The lowest BCUT2D eigenvalue weighted by molar-refractivity contribution is -0.130. The zero-order valence-corrected chi connectivity index (χ0v) is 11.4. The second-order valence-electron chi connectivity index (χ2n) is 4.82. The largest absolute Gasteiger partial charge is 0.454 e. The fourth-order valence-electron chi connectivity index (χ4n) is 2.57. The Bertz CT molecular complexity index is 504. The van der Waals surface area contributed by atoms with Gasteiger partial charge in [-0.3, -0.25) is 4.79 Å². The number of fused-ring (bicyclic) bond motifs is 2. The second-order valence-corrected chi connectivity index (χ2v) is 5.20. The molecule has 0 radical (unpaired) electrons. The van der Waals surface area contributed by atoms with Crippen LogP contribution in [0.4, 0.5) is 0 Å². The molecule has 102 valence electrons. The van der Waals surface area contributed by atoms with Crippen molar-refractivity contribution in [2.75, 3.05) is 25.8 Å². The summed E-state index contributed by atoms with van der Waals surface area (Å²) >= 11 is 5.70. The SMILES string of the molecule is O=C1Cc2cc3c(cc2CCN1CCCCl)OCO3. The van der Waals surface area contributed by atoms with Gasteiger partial charge in [-0.15, -0.1) is 11.6 Å². The Hall–Kier alpha value is -1.42. The van der Waals surface area contributed by atoms with Gasteiger partial charge in [0, 0.05) is 19.0 Å². The third kappa shape index (κ3) is 2.50. The third-order valence-corrected chi connectivity index (χ3v) is 3.87. The minimum atomic E-state index is 0.169. The van der Waals surface area contributed by atoms with Crippen molar-refractivity contribution in [3.8, 4) is 11.5 Å². The number of carbonyl (C=O) groups is 1. The van der Waals surface area contributed by atoms with Gasteiger partial charge >= 0.3 is 0 Å². The molecule has 3 rings (SSSR count). The number of nitrogens with zero attached hydrogens (tertiary/aromatic N) is 1. The van der Waals surface area contributed by atoms with Gasteiger partial charge in [0.15, 0.2) is 11.5 Å². The normalized spacial score (nSPS) is 17.3. The van der Waals surface area contributed by atoms with Gasteiger partial charge in [0.1, 0.15) is 0 Å². The summed E-state index contributed by atoms with van der Waals surface area (Å²) in [5, 5.41) is 0. The van der Waals surface area contributed by atoms with Gasteiger partial charge < -0.3 is 14.4 Å². The minimum Gasteiger partial charge on any atom is -0.454 e. The number of alkyl halides is 1. The fourth-order valence-corrected chi connectivity index (χ4v) is 2.68. The standard InChI is InChI=1S/C14H16ClNO3/c15-3-1-4-16-5-2-10-6-12-13(19-9-18-12)7-11(10)8-14(16)17/h6-7H,1-5,8-9H2. The van der Waals surface area contributed by atoms with Gasteiger partial charge in [-0.25, -0.2) is 0 Å². The average molecular weight is 282 g/mol. The lowest BCUT2D eigenvalue weighted by atomic mass is 10.0. The van der Waals surface area contributed by atoms with Crippen molar-refractivity contribution in [2.24, 2.45) is 0 Å². The van der Waals surface area contributed by atoms with E-state index in [4.69, 9.17) is 21.1 Å². The molecule has 2 heterocycles. The van der Waals surface area contributed by atoms with Gasteiger partial charge in [0.2, 0.25) is 12.7 Å². The van der Waals surface area contributed by atoms with Crippen LogP contribution in [0.25, 0.3) is 0 Å². The van der Waals surface area contributed by atoms with Crippen molar-refractivity contribution in [2.45, 2.75) is 19.3 Å². The van der Waals surface area contributed by atoms with Crippen LogP contribution in [0.5, 0.6) is 11.5 Å². The van der Waals surface area contributed by atoms with E-state index in [0.717, 1.165) is 43.0 Å². The molecule has 0 spiro atoms. The first-order valence-corrected chi connectivity index (χ1v) is 7.06. The van der Waals surface area contributed by atoms with Crippen LogP contribution >= 0.6 is 11.6 Å². The van der Waals surface area contributed by atoms with Crippen LogP contribution in [0, 0.1) is 0 Å². The van der Waals surface area contributed by atoms with Gasteiger partial charge in [-0.1, -0.05) is 0 Å². The van der Waals surface area contributed by atoms with Crippen LogP contribution in [-0.4, -0.2) is 36.6 Å². The molecule has 0 atom stereocenters. The van der Waals surface area contributed by atoms with E-state index in [1.165, 1.54) is 5.56 Å². The monoisotopic (exact) mass is 281 g/mol. The number of rotatable bonds is 3. The molecule has 5 heteroatoms. The number of halogens is 1. The van der Waals surface area contributed by atoms with Crippen molar-refractivity contribution in [3.63, 3.8) is 0 Å². The smallest absolute Gasteiger partial charge is 0.231 e. The Labute approximate surface area is 117 Å². The van der Waals surface area contributed by atoms with Crippen molar-refractivity contribution in [1.29, 1.82) is 0 Å². The molecular weight excluding hydrogens is 266 g/mol. The zero-order chi connectivity index (χ0) is 13.2. The Morgan fingerprint density at radius 1 is 1.21 bits per heavy atom. The molecule has 0 bridgehead atoms. The fraction of sp³-hybridized carbons (Fsp3) is 0.500. The minimum absolute atomic E-state index is 0.169. The Morgan fingerprint density at radius 3 is 2.68 bits per heavy atom. The van der Waals surface area contributed by atoms with Crippen LogP contribution in [0.2, 0.25) is 0 Å². The average Bonchev–Trinajstić information content (AvgIpc) is 2.79. The lowest BCUT2D eigenvalue weighted by Gasteiger charge is -2.19. The van der Waals surface area contributed by atoms with E-state index in [2.05, 4.69) is 0 Å². The summed E-state index contributed by atoms with van der Waals surface area (Å²) < 4.78 is 10.8. The Kier molecular flexibility index (Phi) is 3.51. The summed E-state index contributed by atoms with van der Waals surface area (Å²) in [5.74, 6) is 2.30. The van der Waals surface area contributed by atoms with E-state index in [1.54, 1.807) is 0 Å². The summed E-state index contributed by atoms with van der Waals surface area (Å²) in [7, 11) is 0. The summed E-state index contributed by atoms with van der Waals surface area (Å²) in [6.07, 6.45) is 2.14. The summed E-state index contributed by atoms with van der Waals surface area (Å²) in [6.45, 7) is 1.76. The number of hydrogen-bond acceptors (Lipinski definition) is 3.